The van der Waals surface area contributed by atoms with Gasteiger partial charge in [-0.2, -0.15) is 10.4 Å². The van der Waals surface area contributed by atoms with E-state index in [1.165, 1.54) is 4.68 Å². The summed E-state index contributed by atoms with van der Waals surface area (Å²) in [7, 11) is 0. The van der Waals surface area contributed by atoms with Gasteiger partial charge >= 0.3 is 0 Å². The summed E-state index contributed by atoms with van der Waals surface area (Å²) >= 11 is 0. The van der Waals surface area contributed by atoms with Crippen LogP contribution in [-0.2, 0) is 6.54 Å². The van der Waals surface area contributed by atoms with Gasteiger partial charge in [0, 0.05) is 5.39 Å². The van der Waals surface area contributed by atoms with Crippen LogP contribution < -0.4 is 5.56 Å². The molecule has 0 aliphatic heterocycles. The molecule has 2 aromatic rings. The zero-order valence-electron chi connectivity index (χ0n) is 8.27. The van der Waals surface area contributed by atoms with Crippen LogP contribution in [0.15, 0.2) is 29.1 Å². The molecule has 15 heavy (non-hydrogen) atoms. The smallest absolute Gasteiger partial charge is 0.267 e. The third-order valence-corrected chi connectivity index (χ3v) is 2.27. The topological polar surface area (TPSA) is 58.7 Å². The highest BCUT2D eigenvalue weighted by atomic mass is 16.1. The maximum Gasteiger partial charge on any atom is 0.275 e. The van der Waals surface area contributed by atoms with Gasteiger partial charge in [0.1, 0.15) is 6.54 Å². The molecule has 0 saturated carbocycles. The van der Waals surface area contributed by atoms with Crippen molar-refractivity contribution < 1.29 is 0 Å². The number of benzene rings is 1. The molecule has 4 nitrogen and oxygen atoms in total. The summed E-state index contributed by atoms with van der Waals surface area (Å²) < 4.78 is 1.19. The number of nitriles is 1. The van der Waals surface area contributed by atoms with E-state index in [-0.39, 0.29) is 12.1 Å². The van der Waals surface area contributed by atoms with Crippen molar-refractivity contribution in [3.63, 3.8) is 0 Å². The van der Waals surface area contributed by atoms with Gasteiger partial charge in [0.25, 0.3) is 5.56 Å². The van der Waals surface area contributed by atoms with Crippen LogP contribution in [0.4, 0.5) is 0 Å². The number of hydrogen-bond acceptors (Lipinski definition) is 3. The molecule has 1 aromatic carbocycles. The molecule has 0 fully saturated rings. The van der Waals surface area contributed by atoms with Crippen molar-refractivity contribution >= 4 is 10.8 Å². The molecule has 0 aliphatic rings. The highest BCUT2D eigenvalue weighted by Gasteiger charge is 2.05. The molecule has 0 spiro atoms. The molecular weight excluding hydrogens is 190 g/mol. The highest BCUT2D eigenvalue weighted by Crippen LogP contribution is 2.11. The summed E-state index contributed by atoms with van der Waals surface area (Å²) in [6.07, 6.45) is 0. The molecule has 0 amide bonds. The van der Waals surface area contributed by atoms with E-state index in [9.17, 15) is 4.79 Å². The molecule has 0 radical (unpaired) electrons. The second-order valence-electron chi connectivity index (χ2n) is 3.25. The Balaban J connectivity index is 2.86. The van der Waals surface area contributed by atoms with Crippen molar-refractivity contribution in [1.29, 1.82) is 5.26 Å². The van der Waals surface area contributed by atoms with Crippen LogP contribution in [0.1, 0.15) is 5.69 Å². The molecule has 0 aliphatic carbocycles. The van der Waals surface area contributed by atoms with Crippen LogP contribution in [0.5, 0.6) is 0 Å². The third kappa shape index (κ3) is 1.48. The van der Waals surface area contributed by atoms with E-state index in [0.29, 0.717) is 5.39 Å². The molecular formula is C11H9N3O. The maximum absolute atomic E-state index is 11.8. The van der Waals surface area contributed by atoms with E-state index in [2.05, 4.69) is 5.10 Å². The van der Waals surface area contributed by atoms with Gasteiger partial charge in [0.05, 0.1) is 17.1 Å². The van der Waals surface area contributed by atoms with E-state index in [1.807, 2.05) is 25.1 Å². The maximum atomic E-state index is 11.8. The van der Waals surface area contributed by atoms with Crippen LogP contribution in [0.2, 0.25) is 0 Å². The van der Waals surface area contributed by atoms with Crippen molar-refractivity contribution in [2.45, 2.75) is 13.5 Å². The number of hydrogen-bond donors (Lipinski definition) is 0. The SMILES string of the molecule is Cc1nn(CC#N)c(=O)c2ccccc12. The first kappa shape index (κ1) is 9.41. The molecule has 2 rings (SSSR count). The predicted octanol–water partition coefficient (Wildman–Crippen LogP) is 1.23. The minimum Gasteiger partial charge on any atom is -0.267 e. The lowest BCUT2D eigenvalue weighted by molar-refractivity contribution is 0.657. The summed E-state index contributed by atoms with van der Waals surface area (Å²) in [6.45, 7) is 1.82. The quantitative estimate of drug-likeness (QED) is 0.694. The molecule has 1 aromatic heterocycles. The lowest BCUT2D eigenvalue weighted by atomic mass is 10.1. The molecule has 0 unspecified atom stereocenters. The van der Waals surface area contributed by atoms with Crippen LogP contribution in [0.25, 0.3) is 10.8 Å². The Labute approximate surface area is 86.4 Å². The van der Waals surface area contributed by atoms with Gasteiger partial charge in [-0.3, -0.25) is 4.79 Å². The van der Waals surface area contributed by atoms with Gasteiger partial charge in [-0.15, -0.1) is 0 Å². The van der Waals surface area contributed by atoms with E-state index in [1.54, 1.807) is 12.1 Å². The third-order valence-electron chi connectivity index (χ3n) is 2.27. The Hall–Kier alpha value is -2.15. The molecule has 4 heteroatoms. The van der Waals surface area contributed by atoms with Crippen molar-refractivity contribution in [3.05, 3.63) is 40.3 Å². The van der Waals surface area contributed by atoms with Crippen molar-refractivity contribution in [1.82, 2.24) is 9.78 Å². The Morgan fingerprint density at radius 1 is 1.40 bits per heavy atom. The fourth-order valence-corrected chi connectivity index (χ4v) is 1.58. The normalized spacial score (nSPS) is 10.1. The van der Waals surface area contributed by atoms with E-state index in [0.717, 1.165) is 11.1 Å². The molecule has 0 atom stereocenters. The van der Waals surface area contributed by atoms with Crippen molar-refractivity contribution in [2.24, 2.45) is 0 Å². The first-order valence-electron chi connectivity index (χ1n) is 4.57. The minimum absolute atomic E-state index is 0.00942. The highest BCUT2D eigenvalue weighted by molar-refractivity contribution is 5.83. The van der Waals surface area contributed by atoms with Gasteiger partial charge in [-0.05, 0) is 13.0 Å². The summed E-state index contributed by atoms with van der Waals surface area (Å²) in [5.41, 5.74) is 0.554. The zero-order chi connectivity index (χ0) is 10.8. The van der Waals surface area contributed by atoms with E-state index >= 15 is 0 Å². The molecule has 0 N–H and O–H groups in total. The number of nitrogens with zero attached hydrogens (tertiary/aromatic N) is 3. The monoisotopic (exact) mass is 199 g/mol. The number of fused-ring (bicyclic) bond motifs is 1. The van der Waals surface area contributed by atoms with Crippen LogP contribution >= 0.6 is 0 Å². The fourth-order valence-electron chi connectivity index (χ4n) is 1.58. The first-order valence-corrected chi connectivity index (χ1v) is 4.57. The summed E-state index contributed by atoms with van der Waals surface area (Å²) in [4.78, 5) is 11.8. The predicted molar refractivity (Wildman–Crippen MR) is 56.4 cm³/mol. The lowest BCUT2D eigenvalue weighted by Gasteiger charge is -2.04. The van der Waals surface area contributed by atoms with Gasteiger partial charge in [0.15, 0.2) is 0 Å². The Bertz CT molecular complexity index is 607. The standard InChI is InChI=1S/C11H9N3O/c1-8-9-4-2-3-5-10(9)11(15)14(13-8)7-6-12/h2-5H,7H2,1H3. The number of rotatable bonds is 1. The molecule has 0 bridgehead atoms. The van der Waals surface area contributed by atoms with Crippen LogP contribution in [0.3, 0.4) is 0 Å². The average Bonchev–Trinajstić information content (AvgIpc) is 2.26. The van der Waals surface area contributed by atoms with Gasteiger partial charge in [0.2, 0.25) is 0 Å². The Morgan fingerprint density at radius 3 is 2.73 bits per heavy atom. The average molecular weight is 199 g/mol. The first-order chi connectivity index (χ1) is 7.24. The second-order valence-corrected chi connectivity index (χ2v) is 3.25. The summed E-state index contributed by atoms with van der Waals surface area (Å²) in [5, 5.41) is 14.1. The minimum atomic E-state index is -0.210. The molecule has 0 saturated heterocycles. The van der Waals surface area contributed by atoms with Gasteiger partial charge < -0.3 is 0 Å². The lowest BCUT2D eigenvalue weighted by Crippen LogP contribution is -2.23. The molecule has 1 heterocycles. The van der Waals surface area contributed by atoms with Crippen molar-refractivity contribution in [3.8, 4) is 6.07 Å². The van der Waals surface area contributed by atoms with Crippen molar-refractivity contribution in [2.75, 3.05) is 0 Å². The van der Waals surface area contributed by atoms with Gasteiger partial charge in [-0.1, -0.05) is 18.2 Å². The molecule has 74 valence electrons. The van der Waals surface area contributed by atoms with Gasteiger partial charge in [-0.25, -0.2) is 4.68 Å². The summed E-state index contributed by atoms with van der Waals surface area (Å²) in [6, 6.07) is 9.20. The Morgan fingerprint density at radius 2 is 2.07 bits per heavy atom. The van der Waals surface area contributed by atoms with Crippen LogP contribution in [-0.4, -0.2) is 9.78 Å². The number of aryl methyl sites for hydroxylation is 1. The summed E-state index contributed by atoms with van der Waals surface area (Å²) in [5.74, 6) is 0. The fraction of sp³-hybridized carbons (Fsp3) is 0.182. The largest absolute Gasteiger partial charge is 0.275 e. The Kier molecular flexibility index (Phi) is 2.22. The number of aromatic nitrogens is 2. The van der Waals surface area contributed by atoms with E-state index in [4.69, 9.17) is 5.26 Å². The van der Waals surface area contributed by atoms with Crippen LogP contribution in [0, 0.1) is 18.3 Å². The van der Waals surface area contributed by atoms with E-state index < -0.39 is 0 Å². The second kappa shape index (κ2) is 3.54. The zero-order valence-corrected chi connectivity index (χ0v) is 8.27.